The van der Waals surface area contributed by atoms with Crippen molar-refractivity contribution in [3.05, 3.63) is 46.2 Å². The molecule has 0 saturated heterocycles. The fourth-order valence-electron chi connectivity index (χ4n) is 1.70. The molecule has 88 valence electrons. The van der Waals surface area contributed by atoms with E-state index in [1.165, 1.54) is 0 Å². The average molecular weight is 294 g/mol. The van der Waals surface area contributed by atoms with Crippen LogP contribution in [0.3, 0.4) is 0 Å². The highest BCUT2D eigenvalue weighted by atomic mass is 79.9. The SMILES string of the molecule is Cn1ncc(Br)c1C(=O)Cc1cccc(N)c1. The topological polar surface area (TPSA) is 60.9 Å². The maximum Gasteiger partial charge on any atom is 0.186 e. The van der Waals surface area contributed by atoms with E-state index in [0.717, 1.165) is 5.56 Å². The van der Waals surface area contributed by atoms with Crippen LogP contribution in [0, 0.1) is 0 Å². The van der Waals surface area contributed by atoms with Crippen LogP contribution in [0.15, 0.2) is 34.9 Å². The van der Waals surface area contributed by atoms with E-state index >= 15 is 0 Å². The van der Waals surface area contributed by atoms with Crippen LogP contribution in [0.25, 0.3) is 0 Å². The number of nitrogen functional groups attached to an aromatic ring is 1. The van der Waals surface area contributed by atoms with E-state index in [-0.39, 0.29) is 5.78 Å². The van der Waals surface area contributed by atoms with Crippen molar-refractivity contribution in [2.75, 3.05) is 5.73 Å². The zero-order chi connectivity index (χ0) is 12.4. The molecule has 1 aromatic heterocycles. The number of anilines is 1. The molecule has 0 saturated carbocycles. The van der Waals surface area contributed by atoms with Crippen LogP contribution in [-0.2, 0) is 13.5 Å². The molecule has 5 heteroatoms. The summed E-state index contributed by atoms with van der Waals surface area (Å²) >= 11 is 3.32. The number of carbonyl (C=O) groups is 1. The van der Waals surface area contributed by atoms with E-state index in [4.69, 9.17) is 5.73 Å². The van der Waals surface area contributed by atoms with Gasteiger partial charge in [-0.2, -0.15) is 5.10 Å². The molecular formula is C12H12BrN3O. The van der Waals surface area contributed by atoms with Gasteiger partial charge in [-0.3, -0.25) is 9.48 Å². The van der Waals surface area contributed by atoms with E-state index in [1.807, 2.05) is 18.2 Å². The number of benzene rings is 1. The van der Waals surface area contributed by atoms with Crippen molar-refractivity contribution >= 4 is 27.4 Å². The highest BCUT2D eigenvalue weighted by Crippen LogP contribution is 2.18. The van der Waals surface area contributed by atoms with Crippen LogP contribution >= 0.6 is 15.9 Å². The normalized spacial score (nSPS) is 10.5. The van der Waals surface area contributed by atoms with Gasteiger partial charge in [0, 0.05) is 19.2 Å². The standard InChI is InChI=1S/C12H12BrN3O/c1-16-12(10(13)7-15-16)11(17)6-8-3-2-4-9(14)5-8/h2-5,7H,6,14H2,1H3. The van der Waals surface area contributed by atoms with Crippen molar-refractivity contribution in [3.8, 4) is 0 Å². The fraction of sp³-hybridized carbons (Fsp3) is 0.167. The Morgan fingerprint density at radius 2 is 2.29 bits per heavy atom. The van der Waals surface area contributed by atoms with Crippen LogP contribution in [0.4, 0.5) is 5.69 Å². The van der Waals surface area contributed by atoms with Crippen molar-refractivity contribution < 1.29 is 4.79 Å². The number of nitrogens with zero attached hydrogens (tertiary/aromatic N) is 2. The predicted molar refractivity (Wildman–Crippen MR) is 69.8 cm³/mol. The third kappa shape index (κ3) is 2.55. The summed E-state index contributed by atoms with van der Waals surface area (Å²) in [7, 11) is 1.75. The minimum absolute atomic E-state index is 0.0162. The number of hydrogen-bond donors (Lipinski definition) is 1. The Balaban J connectivity index is 2.23. The maximum atomic E-state index is 12.1. The first-order valence-electron chi connectivity index (χ1n) is 5.13. The zero-order valence-electron chi connectivity index (χ0n) is 9.35. The summed E-state index contributed by atoms with van der Waals surface area (Å²) in [5.41, 5.74) is 7.82. The molecule has 0 aliphatic carbocycles. The summed E-state index contributed by atoms with van der Waals surface area (Å²) in [5.74, 6) is 0.0162. The molecule has 0 amide bonds. The molecule has 0 unspecified atom stereocenters. The second-order valence-corrected chi connectivity index (χ2v) is 4.66. The van der Waals surface area contributed by atoms with Crippen LogP contribution in [-0.4, -0.2) is 15.6 Å². The number of hydrogen-bond acceptors (Lipinski definition) is 3. The number of aromatic nitrogens is 2. The maximum absolute atomic E-state index is 12.1. The van der Waals surface area contributed by atoms with E-state index in [0.29, 0.717) is 22.3 Å². The number of nitrogens with two attached hydrogens (primary N) is 1. The Hall–Kier alpha value is -1.62. The van der Waals surface area contributed by atoms with Gasteiger partial charge in [-0.05, 0) is 33.6 Å². The number of halogens is 1. The van der Waals surface area contributed by atoms with Gasteiger partial charge >= 0.3 is 0 Å². The molecule has 2 rings (SSSR count). The summed E-state index contributed by atoms with van der Waals surface area (Å²) in [6.07, 6.45) is 1.94. The van der Waals surface area contributed by atoms with Gasteiger partial charge in [-0.15, -0.1) is 0 Å². The van der Waals surface area contributed by atoms with Gasteiger partial charge in [0.25, 0.3) is 0 Å². The number of carbonyl (C=O) groups excluding carboxylic acids is 1. The molecule has 0 bridgehead atoms. The van der Waals surface area contributed by atoms with Crippen molar-refractivity contribution in [1.29, 1.82) is 0 Å². The van der Waals surface area contributed by atoms with Crippen LogP contribution in [0.1, 0.15) is 16.1 Å². The van der Waals surface area contributed by atoms with Crippen LogP contribution in [0.2, 0.25) is 0 Å². The zero-order valence-corrected chi connectivity index (χ0v) is 10.9. The van der Waals surface area contributed by atoms with Crippen molar-refractivity contribution in [2.24, 2.45) is 7.05 Å². The second kappa shape index (κ2) is 4.71. The monoisotopic (exact) mass is 293 g/mol. The molecule has 0 radical (unpaired) electrons. The Kier molecular flexibility index (Phi) is 3.28. The third-order valence-corrected chi connectivity index (χ3v) is 3.05. The Morgan fingerprint density at radius 3 is 2.88 bits per heavy atom. The third-order valence-electron chi connectivity index (χ3n) is 2.47. The molecule has 0 spiro atoms. The summed E-state index contributed by atoms with van der Waals surface area (Å²) < 4.78 is 2.28. The molecule has 4 nitrogen and oxygen atoms in total. The quantitative estimate of drug-likeness (QED) is 0.697. The summed E-state index contributed by atoms with van der Waals surface area (Å²) in [4.78, 5) is 12.1. The molecule has 0 fully saturated rings. The lowest BCUT2D eigenvalue weighted by Gasteiger charge is -2.03. The van der Waals surface area contributed by atoms with Gasteiger partial charge < -0.3 is 5.73 Å². The summed E-state index contributed by atoms with van der Waals surface area (Å²) in [6.45, 7) is 0. The van der Waals surface area contributed by atoms with Gasteiger partial charge in [0.1, 0.15) is 5.69 Å². The van der Waals surface area contributed by atoms with E-state index < -0.39 is 0 Å². The van der Waals surface area contributed by atoms with Crippen molar-refractivity contribution in [3.63, 3.8) is 0 Å². The lowest BCUT2D eigenvalue weighted by molar-refractivity contribution is 0.0983. The summed E-state index contributed by atoms with van der Waals surface area (Å²) in [5, 5.41) is 4.02. The van der Waals surface area contributed by atoms with E-state index in [2.05, 4.69) is 21.0 Å². The average Bonchev–Trinajstić information content (AvgIpc) is 2.58. The minimum atomic E-state index is 0.0162. The number of rotatable bonds is 3. The number of aryl methyl sites for hydroxylation is 1. The first-order chi connectivity index (χ1) is 8.08. The van der Waals surface area contributed by atoms with Gasteiger partial charge in [0.05, 0.1) is 10.7 Å². The molecule has 1 aromatic carbocycles. The lowest BCUT2D eigenvalue weighted by atomic mass is 10.1. The Labute approximate surface area is 108 Å². The number of Topliss-reactive ketones (excluding diaryl/α,β-unsaturated/α-hetero) is 1. The molecule has 2 aromatic rings. The second-order valence-electron chi connectivity index (χ2n) is 3.81. The summed E-state index contributed by atoms with van der Waals surface area (Å²) in [6, 6.07) is 7.34. The first kappa shape index (κ1) is 11.9. The molecule has 0 aliphatic heterocycles. The molecule has 0 atom stereocenters. The molecule has 1 heterocycles. The van der Waals surface area contributed by atoms with Gasteiger partial charge in [0.15, 0.2) is 5.78 Å². The van der Waals surface area contributed by atoms with Crippen LogP contribution in [0.5, 0.6) is 0 Å². The van der Waals surface area contributed by atoms with Gasteiger partial charge in [-0.1, -0.05) is 12.1 Å². The van der Waals surface area contributed by atoms with Crippen LogP contribution < -0.4 is 5.73 Å². The smallest absolute Gasteiger partial charge is 0.186 e. The van der Waals surface area contributed by atoms with Crippen molar-refractivity contribution in [1.82, 2.24) is 9.78 Å². The molecular weight excluding hydrogens is 282 g/mol. The minimum Gasteiger partial charge on any atom is -0.399 e. The highest BCUT2D eigenvalue weighted by Gasteiger charge is 2.15. The van der Waals surface area contributed by atoms with E-state index in [1.54, 1.807) is 24.0 Å². The lowest BCUT2D eigenvalue weighted by Crippen LogP contribution is -2.10. The molecule has 2 N–H and O–H groups in total. The molecule has 17 heavy (non-hydrogen) atoms. The van der Waals surface area contributed by atoms with Crippen molar-refractivity contribution in [2.45, 2.75) is 6.42 Å². The van der Waals surface area contributed by atoms with E-state index in [9.17, 15) is 4.79 Å². The number of ketones is 1. The fourth-order valence-corrected chi connectivity index (χ4v) is 2.27. The van der Waals surface area contributed by atoms with Gasteiger partial charge in [-0.25, -0.2) is 0 Å². The van der Waals surface area contributed by atoms with Gasteiger partial charge in [0.2, 0.25) is 0 Å². The Morgan fingerprint density at radius 1 is 1.53 bits per heavy atom. The molecule has 0 aliphatic rings. The first-order valence-corrected chi connectivity index (χ1v) is 5.92. The predicted octanol–water partition coefficient (Wildman–Crippen LogP) is 2.19. The highest BCUT2D eigenvalue weighted by molar-refractivity contribution is 9.10. The largest absolute Gasteiger partial charge is 0.399 e. The Bertz CT molecular complexity index is 543.